The molecule has 0 spiro atoms. The average molecular weight is 261 g/mol. The Morgan fingerprint density at radius 1 is 1.64 bits per heavy atom. The molecule has 14 heavy (non-hydrogen) atoms. The highest BCUT2D eigenvalue weighted by Gasteiger charge is 2.12. The van der Waals surface area contributed by atoms with Gasteiger partial charge >= 0.3 is 5.97 Å². The molecule has 0 unspecified atom stereocenters. The van der Waals surface area contributed by atoms with Crippen molar-refractivity contribution in [1.82, 2.24) is 0 Å². The molecular formula is C10H10BrFO2. The smallest absolute Gasteiger partial charge is 0.306 e. The Morgan fingerprint density at radius 2 is 2.29 bits per heavy atom. The molecule has 1 N–H and O–H groups in total. The minimum atomic E-state index is -0.842. The van der Waals surface area contributed by atoms with Crippen LogP contribution in [0.15, 0.2) is 22.7 Å². The van der Waals surface area contributed by atoms with Crippen LogP contribution >= 0.6 is 15.9 Å². The Hall–Kier alpha value is -0.900. The number of hydrogen-bond donors (Lipinski definition) is 1. The van der Waals surface area contributed by atoms with E-state index in [1.807, 2.05) is 0 Å². The van der Waals surface area contributed by atoms with Crippen molar-refractivity contribution in [2.75, 3.05) is 0 Å². The molecule has 0 aromatic heterocycles. The Kier molecular flexibility index (Phi) is 3.63. The van der Waals surface area contributed by atoms with Crippen molar-refractivity contribution in [2.24, 2.45) is 5.92 Å². The van der Waals surface area contributed by atoms with Crippen molar-refractivity contribution < 1.29 is 14.3 Å². The van der Waals surface area contributed by atoms with Crippen LogP contribution in [0.2, 0.25) is 0 Å². The quantitative estimate of drug-likeness (QED) is 0.908. The van der Waals surface area contributed by atoms with Crippen molar-refractivity contribution >= 4 is 21.9 Å². The van der Waals surface area contributed by atoms with Gasteiger partial charge < -0.3 is 5.11 Å². The van der Waals surface area contributed by atoms with Gasteiger partial charge in [-0.15, -0.1) is 0 Å². The van der Waals surface area contributed by atoms with Gasteiger partial charge in [0.05, 0.1) is 10.4 Å². The molecule has 0 radical (unpaired) electrons. The van der Waals surface area contributed by atoms with Gasteiger partial charge in [-0.05, 0) is 40.0 Å². The van der Waals surface area contributed by atoms with Gasteiger partial charge in [0, 0.05) is 0 Å². The summed E-state index contributed by atoms with van der Waals surface area (Å²) in [5.74, 6) is -1.63. The summed E-state index contributed by atoms with van der Waals surface area (Å²) in [7, 11) is 0. The maximum Gasteiger partial charge on any atom is 0.306 e. The molecule has 0 saturated carbocycles. The molecule has 2 nitrogen and oxygen atoms in total. The second-order valence-electron chi connectivity index (χ2n) is 3.19. The number of rotatable bonds is 3. The van der Waals surface area contributed by atoms with E-state index in [-0.39, 0.29) is 5.82 Å². The molecule has 0 saturated heterocycles. The lowest BCUT2D eigenvalue weighted by Gasteiger charge is -2.06. The molecule has 1 aromatic carbocycles. The number of aliphatic carboxylic acids is 1. The van der Waals surface area contributed by atoms with Crippen LogP contribution in [0.25, 0.3) is 0 Å². The van der Waals surface area contributed by atoms with E-state index in [1.165, 1.54) is 6.07 Å². The molecule has 0 amide bonds. The molecule has 0 aliphatic carbocycles. The number of carboxylic acid groups (broad SMARTS) is 1. The number of halogens is 2. The molecule has 1 rings (SSSR count). The Balaban J connectivity index is 2.78. The van der Waals surface area contributed by atoms with Crippen LogP contribution in [0.3, 0.4) is 0 Å². The summed E-state index contributed by atoms with van der Waals surface area (Å²) in [6.07, 6.45) is 0.411. The molecule has 1 aromatic rings. The molecular weight excluding hydrogens is 251 g/mol. The lowest BCUT2D eigenvalue weighted by molar-refractivity contribution is -0.141. The summed E-state index contributed by atoms with van der Waals surface area (Å²) >= 11 is 3.05. The van der Waals surface area contributed by atoms with Gasteiger partial charge in [-0.3, -0.25) is 4.79 Å². The normalized spacial score (nSPS) is 12.5. The lowest BCUT2D eigenvalue weighted by Crippen LogP contribution is -2.12. The van der Waals surface area contributed by atoms with Gasteiger partial charge in [0.25, 0.3) is 0 Å². The summed E-state index contributed by atoms with van der Waals surface area (Å²) in [5, 5.41) is 8.68. The molecule has 1 atom stereocenters. The zero-order chi connectivity index (χ0) is 10.7. The first kappa shape index (κ1) is 11.2. The second kappa shape index (κ2) is 4.55. The molecule has 0 aliphatic heterocycles. The SMILES string of the molecule is C[C@H](Cc1ccc(F)c(Br)c1)C(=O)O. The fraction of sp³-hybridized carbons (Fsp3) is 0.300. The zero-order valence-corrected chi connectivity index (χ0v) is 9.21. The van der Waals surface area contributed by atoms with Gasteiger partial charge in [0.1, 0.15) is 5.82 Å². The predicted octanol–water partition coefficient (Wildman–Crippen LogP) is 2.85. The number of carbonyl (C=O) groups is 1. The maximum absolute atomic E-state index is 12.8. The summed E-state index contributed by atoms with van der Waals surface area (Å²) in [6.45, 7) is 1.62. The minimum Gasteiger partial charge on any atom is -0.481 e. The highest BCUT2D eigenvalue weighted by molar-refractivity contribution is 9.10. The largest absolute Gasteiger partial charge is 0.481 e. The fourth-order valence-electron chi connectivity index (χ4n) is 1.11. The van der Waals surface area contributed by atoms with E-state index in [4.69, 9.17) is 5.11 Å². The minimum absolute atomic E-state index is 0.336. The first-order valence-electron chi connectivity index (χ1n) is 4.17. The maximum atomic E-state index is 12.8. The first-order chi connectivity index (χ1) is 6.50. The van der Waals surface area contributed by atoms with Crippen molar-refractivity contribution in [3.63, 3.8) is 0 Å². The van der Waals surface area contributed by atoms with Crippen molar-refractivity contribution in [1.29, 1.82) is 0 Å². The average Bonchev–Trinajstić information content (AvgIpc) is 2.11. The van der Waals surface area contributed by atoms with E-state index < -0.39 is 11.9 Å². The zero-order valence-electron chi connectivity index (χ0n) is 7.63. The number of hydrogen-bond acceptors (Lipinski definition) is 1. The molecule has 76 valence electrons. The summed E-state index contributed by atoms with van der Waals surface area (Å²) in [6, 6.07) is 4.53. The van der Waals surface area contributed by atoms with Crippen LogP contribution in [0.1, 0.15) is 12.5 Å². The van der Waals surface area contributed by atoms with Gasteiger partial charge in [-0.25, -0.2) is 4.39 Å². The van der Waals surface area contributed by atoms with Crippen molar-refractivity contribution in [2.45, 2.75) is 13.3 Å². The van der Waals surface area contributed by atoms with Crippen LogP contribution in [0.4, 0.5) is 4.39 Å². The number of benzene rings is 1. The van der Waals surface area contributed by atoms with E-state index >= 15 is 0 Å². The van der Waals surface area contributed by atoms with Crippen LogP contribution < -0.4 is 0 Å². The molecule has 0 aliphatic rings. The van der Waals surface area contributed by atoms with Crippen LogP contribution in [0, 0.1) is 11.7 Å². The Labute approximate surface area is 89.9 Å². The van der Waals surface area contributed by atoms with E-state index in [1.54, 1.807) is 19.1 Å². The van der Waals surface area contributed by atoms with E-state index in [9.17, 15) is 9.18 Å². The van der Waals surface area contributed by atoms with Gasteiger partial charge in [0.2, 0.25) is 0 Å². The molecule has 0 fully saturated rings. The topological polar surface area (TPSA) is 37.3 Å². The van der Waals surface area contributed by atoms with E-state index in [0.717, 1.165) is 5.56 Å². The standard InChI is InChI=1S/C10H10BrFO2/c1-6(10(13)14)4-7-2-3-9(12)8(11)5-7/h2-3,5-6H,4H2,1H3,(H,13,14)/t6-/m1/s1. The fourth-order valence-corrected chi connectivity index (χ4v) is 1.53. The van der Waals surface area contributed by atoms with Crippen molar-refractivity contribution in [3.05, 3.63) is 34.1 Å². The third-order valence-electron chi connectivity index (χ3n) is 1.95. The van der Waals surface area contributed by atoms with E-state index in [0.29, 0.717) is 10.9 Å². The van der Waals surface area contributed by atoms with Crippen molar-refractivity contribution in [3.8, 4) is 0 Å². The third kappa shape index (κ3) is 2.80. The second-order valence-corrected chi connectivity index (χ2v) is 4.05. The third-order valence-corrected chi connectivity index (χ3v) is 2.56. The van der Waals surface area contributed by atoms with Crippen LogP contribution in [0.5, 0.6) is 0 Å². The molecule has 0 bridgehead atoms. The Morgan fingerprint density at radius 3 is 2.79 bits per heavy atom. The van der Waals surface area contributed by atoms with Crippen LogP contribution in [-0.2, 0) is 11.2 Å². The summed E-state index contributed by atoms with van der Waals surface area (Å²) in [4.78, 5) is 10.6. The number of carboxylic acids is 1. The predicted molar refractivity (Wildman–Crippen MR) is 54.6 cm³/mol. The molecule has 0 heterocycles. The molecule has 4 heteroatoms. The van der Waals surface area contributed by atoms with Crippen LogP contribution in [-0.4, -0.2) is 11.1 Å². The van der Waals surface area contributed by atoms with Gasteiger partial charge in [-0.2, -0.15) is 0 Å². The summed E-state index contributed by atoms with van der Waals surface area (Å²) < 4.78 is 13.2. The lowest BCUT2D eigenvalue weighted by atomic mass is 10.0. The monoisotopic (exact) mass is 260 g/mol. The highest BCUT2D eigenvalue weighted by atomic mass is 79.9. The Bertz CT molecular complexity index is 352. The van der Waals surface area contributed by atoms with E-state index in [2.05, 4.69) is 15.9 Å². The van der Waals surface area contributed by atoms with Gasteiger partial charge in [-0.1, -0.05) is 13.0 Å². The highest BCUT2D eigenvalue weighted by Crippen LogP contribution is 2.18. The first-order valence-corrected chi connectivity index (χ1v) is 4.96. The summed E-state index contributed by atoms with van der Waals surface area (Å²) in [5.41, 5.74) is 0.813. The van der Waals surface area contributed by atoms with Gasteiger partial charge in [0.15, 0.2) is 0 Å².